The predicted molar refractivity (Wildman–Crippen MR) is 319 cm³/mol. The number of unbranched alkanes of at least 4 members (excludes halogenated alkanes) is 1. The third kappa shape index (κ3) is 15.5. The van der Waals surface area contributed by atoms with Crippen LogP contribution in [-0.4, -0.2) is 166 Å². The van der Waals surface area contributed by atoms with E-state index in [2.05, 4.69) is 45.9 Å². The molecule has 5 heterocycles. The van der Waals surface area contributed by atoms with Gasteiger partial charge >= 0.3 is 6.18 Å². The van der Waals surface area contributed by atoms with Crippen LogP contribution in [0, 0.1) is 12.3 Å². The Morgan fingerprint density at radius 3 is 2.22 bits per heavy atom. The molecule has 0 spiro atoms. The normalized spacial score (nSPS) is 18.9. The average molecular weight is 1210 g/mol. The molecule has 86 heavy (non-hydrogen) atoms. The van der Waals surface area contributed by atoms with Gasteiger partial charge in [-0.2, -0.15) is 13.2 Å². The molecule has 4 aliphatic rings. The summed E-state index contributed by atoms with van der Waals surface area (Å²) in [6.45, 7) is 12.8. The van der Waals surface area contributed by atoms with Crippen LogP contribution in [0.15, 0.2) is 89.3 Å². The Hall–Kier alpha value is -7.54. The molecule has 5 aromatic rings. The van der Waals surface area contributed by atoms with Crippen molar-refractivity contribution in [2.24, 2.45) is 5.41 Å². The van der Waals surface area contributed by atoms with Crippen LogP contribution in [0.25, 0.3) is 21.6 Å². The molecule has 3 saturated heterocycles. The molecule has 24 heteroatoms. The Kier molecular flexibility index (Phi) is 19.5. The van der Waals surface area contributed by atoms with Crippen molar-refractivity contribution in [3.63, 3.8) is 0 Å². The summed E-state index contributed by atoms with van der Waals surface area (Å²) in [5, 5.41) is 22.0. The van der Waals surface area contributed by atoms with Crippen LogP contribution in [0.3, 0.4) is 0 Å². The lowest BCUT2D eigenvalue weighted by molar-refractivity contribution is -0.145. The van der Waals surface area contributed by atoms with Crippen molar-refractivity contribution in [3.05, 3.63) is 123 Å². The highest BCUT2D eigenvalue weighted by molar-refractivity contribution is 7.13. The number of aromatic nitrogens is 2. The zero-order valence-electron chi connectivity index (χ0n) is 49.0. The number of aromatic amines is 1. The summed E-state index contributed by atoms with van der Waals surface area (Å²) in [7, 11) is 2.00. The second-order valence-corrected chi connectivity index (χ2v) is 24.9. The van der Waals surface area contributed by atoms with E-state index >= 15 is 0 Å². The van der Waals surface area contributed by atoms with Crippen LogP contribution in [-0.2, 0) is 36.7 Å². The van der Waals surface area contributed by atoms with Crippen molar-refractivity contribution >= 4 is 58.2 Å². The number of piperazine rings is 2. The van der Waals surface area contributed by atoms with Crippen molar-refractivity contribution in [2.45, 2.75) is 115 Å². The zero-order valence-corrected chi connectivity index (χ0v) is 49.8. The van der Waals surface area contributed by atoms with Crippen LogP contribution < -0.4 is 31.7 Å². The second-order valence-electron chi connectivity index (χ2n) is 24.1. The maximum absolute atomic E-state index is 14.8. The van der Waals surface area contributed by atoms with E-state index in [0.717, 1.165) is 52.1 Å². The number of aliphatic hydroxyl groups excluding tert-OH is 1. The number of anilines is 2. The summed E-state index contributed by atoms with van der Waals surface area (Å²) in [5.74, 6) is -3.47. The van der Waals surface area contributed by atoms with E-state index in [1.54, 1.807) is 32.3 Å². The molecule has 4 fully saturated rings. The van der Waals surface area contributed by atoms with Crippen molar-refractivity contribution < 1.29 is 51.4 Å². The Morgan fingerprint density at radius 2 is 1.56 bits per heavy atom. The minimum atomic E-state index is -4.93. The first kappa shape index (κ1) is 63.0. The molecule has 6 N–H and O–H groups in total. The van der Waals surface area contributed by atoms with E-state index in [1.807, 2.05) is 79.5 Å². The molecule has 4 atom stereocenters. The summed E-state index contributed by atoms with van der Waals surface area (Å²) in [6, 6.07) is 18.0. The Morgan fingerprint density at radius 1 is 0.860 bits per heavy atom. The fourth-order valence-corrected chi connectivity index (χ4v) is 12.0. The smallest absolute Gasteiger partial charge is 0.391 e. The minimum Gasteiger partial charge on any atom is -0.391 e. The first-order chi connectivity index (χ1) is 40.8. The van der Waals surface area contributed by atoms with Gasteiger partial charge in [0.1, 0.15) is 12.1 Å². The Bertz CT molecular complexity index is 3350. The molecule has 0 bridgehead atoms. The number of benzene rings is 3. The summed E-state index contributed by atoms with van der Waals surface area (Å²) in [5.41, 5.74) is 1.78. The molecule has 6 amide bonds. The third-order valence-corrected chi connectivity index (χ3v) is 17.4. The lowest BCUT2D eigenvalue weighted by atomic mass is 9.85. The van der Waals surface area contributed by atoms with Crippen molar-refractivity contribution in [3.8, 4) is 21.6 Å². The van der Waals surface area contributed by atoms with Crippen LogP contribution in [0.4, 0.5) is 28.9 Å². The van der Waals surface area contributed by atoms with Gasteiger partial charge in [-0.05, 0) is 91.1 Å². The highest BCUT2D eigenvalue weighted by Crippen LogP contribution is 2.41. The molecule has 2 aromatic heterocycles. The number of β-amino-alcohol motifs (C(OH)–C–C–N with tert-alkyl or cyclic N) is 1. The van der Waals surface area contributed by atoms with E-state index < -0.39 is 81.8 Å². The summed E-state index contributed by atoms with van der Waals surface area (Å²) in [6.07, 6.45) is -4.02. The van der Waals surface area contributed by atoms with Crippen LogP contribution in [0.1, 0.15) is 105 Å². The van der Waals surface area contributed by atoms with Gasteiger partial charge < -0.3 is 51.0 Å². The first-order valence-electron chi connectivity index (χ1n) is 29.2. The lowest BCUT2D eigenvalue weighted by Gasteiger charge is -2.36. The summed E-state index contributed by atoms with van der Waals surface area (Å²) >= 11 is 1.49. The molecule has 1 saturated carbocycles. The maximum Gasteiger partial charge on any atom is 0.417 e. The zero-order chi connectivity index (χ0) is 61.7. The molecule has 19 nitrogen and oxygen atoms in total. The van der Waals surface area contributed by atoms with Gasteiger partial charge in [-0.25, -0.2) is 9.37 Å². The number of amides is 6. The number of thiazole rings is 1. The largest absolute Gasteiger partial charge is 0.417 e. The number of rotatable bonds is 20. The molecule has 1 aliphatic carbocycles. The molecule has 3 aliphatic heterocycles. The molecular formula is C62H75F4N11O8S. The third-order valence-electron chi connectivity index (χ3n) is 16.5. The number of alkyl halides is 4. The molecule has 0 radical (unpaired) electrons. The number of likely N-dealkylation sites (N-methyl/N-ethyl adjacent to an activating group) is 1. The van der Waals surface area contributed by atoms with Gasteiger partial charge in [-0.15, -0.1) is 11.3 Å². The number of pyridine rings is 1. The topological polar surface area (TPSA) is 233 Å². The van der Waals surface area contributed by atoms with Crippen LogP contribution in [0.5, 0.6) is 0 Å². The number of H-pyrrole nitrogens is 1. The number of aliphatic hydroxyl groups is 1. The summed E-state index contributed by atoms with van der Waals surface area (Å²) < 4.78 is 56.8. The number of likely N-dealkylation sites (tertiary alicyclic amines) is 1. The van der Waals surface area contributed by atoms with Crippen molar-refractivity contribution in [1.29, 1.82) is 0 Å². The number of hydrogen-bond donors (Lipinski definition) is 6. The van der Waals surface area contributed by atoms with E-state index in [-0.39, 0.29) is 57.0 Å². The number of halogens is 4. The van der Waals surface area contributed by atoms with Gasteiger partial charge in [0.05, 0.1) is 57.1 Å². The molecule has 460 valence electrons. The number of nitrogens with zero attached hydrogens (tertiary/aromatic N) is 6. The molecule has 3 aromatic carbocycles. The van der Waals surface area contributed by atoms with Gasteiger partial charge in [0, 0.05) is 97.1 Å². The number of nitrogens with one attached hydrogen (secondary N) is 5. The van der Waals surface area contributed by atoms with Gasteiger partial charge in [-0.3, -0.25) is 38.5 Å². The highest BCUT2D eigenvalue weighted by atomic mass is 32.1. The minimum absolute atomic E-state index is 0.00539. The Labute approximate surface area is 500 Å². The van der Waals surface area contributed by atoms with Crippen LogP contribution >= 0.6 is 11.3 Å². The quantitative estimate of drug-likeness (QED) is 0.0355. The molecule has 9 rings (SSSR count). The summed E-state index contributed by atoms with van der Waals surface area (Å²) in [4.78, 5) is 111. The SMILES string of the molecule is Cc1ncsc1-c1ccc(C(CC(=O)NCCCCC(=O)N2CCN(Cc3cccc(-c4ccc(N5CCN(C)CC5)c(NC(=O)c5c[nH]c(=O)cc5C(F)(F)F)c4)c3)CC2)NC(=O)[C@@H]2C[C@@H](O)CN2C(=O)[C@@H](NC(=O)C2(F)CC2)C(C)(C)C)cc1. The van der Waals surface area contributed by atoms with E-state index in [4.69, 9.17) is 0 Å². The average Bonchev–Trinajstić information content (AvgIpc) is 2.08. The van der Waals surface area contributed by atoms with E-state index in [9.17, 15) is 56.2 Å². The predicted octanol–water partition coefficient (Wildman–Crippen LogP) is 6.67. The highest BCUT2D eigenvalue weighted by Gasteiger charge is 2.53. The van der Waals surface area contributed by atoms with Crippen molar-refractivity contribution in [1.82, 2.24) is 45.5 Å². The molecular weight excluding hydrogens is 1130 g/mol. The van der Waals surface area contributed by atoms with Gasteiger partial charge in [-0.1, -0.05) is 69.3 Å². The van der Waals surface area contributed by atoms with E-state index in [0.29, 0.717) is 81.7 Å². The van der Waals surface area contributed by atoms with E-state index in [1.165, 1.54) is 16.2 Å². The first-order valence-corrected chi connectivity index (χ1v) is 30.1. The fourth-order valence-electron chi connectivity index (χ4n) is 11.2. The fraction of sp³-hybridized carbons (Fsp3) is 0.484. The maximum atomic E-state index is 14.8. The Balaban J connectivity index is 0.769. The van der Waals surface area contributed by atoms with Crippen molar-refractivity contribution in [2.75, 3.05) is 82.7 Å². The van der Waals surface area contributed by atoms with Crippen LogP contribution in [0.2, 0.25) is 0 Å². The molecule has 1 unspecified atom stereocenters. The monoisotopic (exact) mass is 1210 g/mol. The number of aryl methyl sites for hydroxylation is 1. The number of hydrogen-bond acceptors (Lipinski definition) is 13. The lowest BCUT2D eigenvalue weighted by Crippen LogP contribution is -2.59. The van der Waals surface area contributed by atoms with Gasteiger partial charge in [0.15, 0.2) is 5.67 Å². The van der Waals surface area contributed by atoms with Gasteiger partial charge in [0.25, 0.3) is 11.8 Å². The van der Waals surface area contributed by atoms with Gasteiger partial charge in [0.2, 0.25) is 29.2 Å². The standard InChI is InChI=1S/C62H75F4N11O8S/c1-38-54(86-37-69-38)41-14-12-40(13-15-41)47(70-57(83)50-31-44(78)36-77(50)58(84)55(60(2,3)4)72-59(85)61(63)18-19-61)33-52(80)67-20-7-6-11-53(81)76-27-23-74(24-28-76)35-39-9-8-10-42(29-39)43-16-17-49(75-25-21-73(5)22-26-75)48(30-43)71-56(82)45-34-68-51(79)32-46(45)62(64,65)66/h8-10,12-17,29-30,32,34,37,44,47,50,55,78H,6-7,11,18-28,31,33,35-36H2,1-5H3,(H,67,80)(H,68,79)(H,70,83)(H,71,82)(H,72,85)/t44-,47?,50+,55-/m1/s1. The second kappa shape index (κ2) is 26.6. The number of carbonyl (C=O) groups excluding carboxylic acids is 6. The number of carbonyl (C=O) groups is 6.